The van der Waals surface area contributed by atoms with E-state index in [0.717, 1.165) is 64.2 Å². The first-order valence-electron chi connectivity index (χ1n) is 12.2. The van der Waals surface area contributed by atoms with Crippen molar-refractivity contribution in [3.05, 3.63) is 0 Å². The third-order valence-corrected chi connectivity index (χ3v) is 10.4. The highest BCUT2D eigenvalue weighted by Gasteiger charge is 2.84. The van der Waals surface area contributed by atoms with E-state index >= 15 is 0 Å². The third-order valence-electron chi connectivity index (χ3n) is 9.56. The van der Waals surface area contributed by atoms with Gasteiger partial charge in [-0.15, -0.1) is 0 Å². The van der Waals surface area contributed by atoms with Gasteiger partial charge < -0.3 is 14.2 Å². The smallest absolute Gasteiger partial charge is 0.465 e. The van der Waals surface area contributed by atoms with Crippen LogP contribution in [-0.2, 0) is 38.7 Å². The van der Waals surface area contributed by atoms with Crippen molar-refractivity contribution >= 4 is 28.0 Å². The number of ether oxygens (including phenoxy) is 3. The molecule has 5 atom stereocenters. The Labute approximate surface area is 202 Å². The summed E-state index contributed by atoms with van der Waals surface area (Å²) >= 11 is 0. The van der Waals surface area contributed by atoms with Crippen molar-refractivity contribution in [1.82, 2.24) is 0 Å². The fraction of sp³-hybridized carbons (Fsp3) is 0.870. The number of halogens is 2. The SMILES string of the molecule is O=C(COC(=O)C(F)(F)S(=O)(=O)O)OCC12CC3CC4CC(COC(=O)C5CCCCC5)(C1)CC432. The highest BCUT2D eigenvalue weighted by molar-refractivity contribution is 7.87. The Bertz CT molecular complexity index is 1040. The summed E-state index contributed by atoms with van der Waals surface area (Å²) in [5.74, 6) is -2.74. The average molecular weight is 521 g/mol. The summed E-state index contributed by atoms with van der Waals surface area (Å²) in [4.78, 5) is 36.0. The van der Waals surface area contributed by atoms with Crippen molar-refractivity contribution < 1.29 is 50.3 Å². The van der Waals surface area contributed by atoms with Crippen LogP contribution in [0.4, 0.5) is 8.78 Å². The number of hydrogen-bond donors (Lipinski definition) is 1. The van der Waals surface area contributed by atoms with E-state index < -0.39 is 33.9 Å². The van der Waals surface area contributed by atoms with Crippen LogP contribution in [0.25, 0.3) is 0 Å². The molecule has 5 aliphatic rings. The van der Waals surface area contributed by atoms with E-state index in [1.165, 1.54) is 0 Å². The van der Waals surface area contributed by atoms with Crippen LogP contribution < -0.4 is 0 Å². The first-order chi connectivity index (χ1) is 16.3. The molecule has 0 aromatic rings. The molecule has 5 rings (SSSR count). The predicted molar refractivity (Wildman–Crippen MR) is 113 cm³/mol. The number of fused-ring (bicyclic) bond motifs is 1. The lowest BCUT2D eigenvalue weighted by Crippen LogP contribution is -2.68. The van der Waals surface area contributed by atoms with Gasteiger partial charge in [-0.25, -0.2) is 9.59 Å². The molecule has 0 heterocycles. The quantitative estimate of drug-likeness (QED) is 0.277. The highest BCUT2D eigenvalue weighted by Crippen LogP contribution is 2.89. The van der Waals surface area contributed by atoms with E-state index in [-0.39, 0.29) is 34.7 Å². The van der Waals surface area contributed by atoms with Crippen LogP contribution in [0.5, 0.6) is 0 Å². The van der Waals surface area contributed by atoms with Gasteiger partial charge >= 0.3 is 33.3 Å². The minimum absolute atomic E-state index is 0.0202. The predicted octanol–water partition coefficient (Wildman–Crippen LogP) is 2.87. The minimum atomic E-state index is -6.01. The molecular weight excluding hydrogens is 490 g/mol. The van der Waals surface area contributed by atoms with E-state index in [1.807, 2.05) is 0 Å². The number of esters is 3. The van der Waals surface area contributed by atoms with Gasteiger partial charge in [0.25, 0.3) is 0 Å². The summed E-state index contributed by atoms with van der Waals surface area (Å²) in [6, 6.07) is 0. The Hall–Kier alpha value is -1.82. The van der Waals surface area contributed by atoms with E-state index in [2.05, 4.69) is 4.74 Å². The number of alkyl halides is 2. The van der Waals surface area contributed by atoms with Crippen LogP contribution in [0.3, 0.4) is 0 Å². The van der Waals surface area contributed by atoms with Crippen molar-refractivity contribution in [1.29, 1.82) is 0 Å². The fourth-order valence-corrected chi connectivity index (χ4v) is 8.57. The first kappa shape index (κ1) is 24.9. The van der Waals surface area contributed by atoms with Crippen molar-refractivity contribution in [2.45, 2.75) is 69.5 Å². The second-order valence-electron chi connectivity index (χ2n) is 11.4. The summed E-state index contributed by atoms with van der Waals surface area (Å²) in [6.45, 7) is -0.779. The monoisotopic (exact) mass is 520 g/mol. The van der Waals surface area contributed by atoms with Gasteiger partial charge in [-0.1, -0.05) is 19.3 Å². The van der Waals surface area contributed by atoms with E-state index in [1.54, 1.807) is 0 Å². The van der Waals surface area contributed by atoms with Crippen molar-refractivity contribution in [2.75, 3.05) is 19.8 Å². The second-order valence-corrected chi connectivity index (χ2v) is 12.8. The Morgan fingerprint density at radius 2 is 1.63 bits per heavy atom. The Morgan fingerprint density at radius 3 is 2.29 bits per heavy atom. The maximum atomic E-state index is 13.3. The molecule has 196 valence electrons. The van der Waals surface area contributed by atoms with Crippen molar-refractivity contribution in [3.8, 4) is 0 Å². The zero-order chi connectivity index (χ0) is 25.3. The summed E-state index contributed by atoms with van der Waals surface area (Å²) in [5, 5.41) is -5.17. The Kier molecular flexibility index (Phi) is 5.75. The molecule has 5 fully saturated rings. The zero-order valence-electron chi connectivity index (χ0n) is 19.3. The number of carbonyl (C=O) groups excluding carboxylic acids is 3. The van der Waals surface area contributed by atoms with Gasteiger partial charge in [0.1, 0.15) is 0 Å². The normalized spacial score (nSPS) is 37.6. The van der Waals surface area contributed by atoms with Crippen molar-refractivity contribution in [2.24, 2.45) is 34.0 Å². The molecule has 0 radical (unpaired) electrons. The Morgan fingerprint density at radius 1 is 0.943 bits per heavy atom. The molecule has 0 aromatic carbocycles. The number of hydrogen-bond acceptors (Lipinski definition) is 8. The molecule has 0 amide bonds. The maximum absolute atomic E-state index is 13.3. The van der Waals surface area contributed by atoms with Crippen LogP contribution >= 0.6 is 0 Å². The first-order valence-corrected chi connectivity index (χ1v) is 13.6. The summed E-state index contributed by atoms with van der Waals surface area (Å²) in [7, 11) is -6.01. The van der Waals surface area contributed by atoms with Crippen LogP contribution in [0.15, 0.2) is 0 Å². The van der Waals surface area contributed by atoms with Crippen molar-refractivity contribution in [3.63, 3.8) is 0 Å². The van der Waals surface area contributed by atoms with Gasteiger partial charge in [0.15, 0.2) is 6.61 Å². The molecule has 5 aliphatic carbocycles. The second kappa shape index (κ2) is 8.09. The van der Waals surface area contributed by atoms with Crippen LogP contribution in [0.2, 0.25) is 0 Å². The molecular formula is C23H30F2O9S. The summed E-state index contributed by atoms with van der Waals surface area (Å²) in [5.41, 5.74) is -0.371. The fourth-order valence-electron chi connectivity index (χ4n) is 8.30. The molecule has 0 saturated heterocycles. The minimum Gasteiger partial charge on any atom is -0.465 e. The third kappa shape index (κ3) is 3.69. The van der Waals surface area contributed by atoms with Crippen LogP contribution in [0, 0.1) is 34.0 Å². The largest absolute Gasteiger partial charge is 0.465 e. The number of rotatable bonds is 9. The van der Waals surface area contributed by atoms with Crippen LogP contribution in [0.1, 0.15) is 64.2 Å². The van der Waals surface area contributed by atoms with Gasteiger partial charge in [0.2, 0.25) is 0 Å². The van der Waals surface area contributed by atoms with Crippen LogP contribution in [-0.4, -0.2) is 56.0 Å². The lowest BCUT2D eigenvalue weighted by molar-refractivity contribution is -0.263. The molecule has 1 spiro atoms. The van der Waals surface area contributed by atoms with Gasteiger partial charge in [-0.3, -0.25) is 9.35 Å². The van der Waals surface area contributed by atoms with Gasteiger partial charge in [0, 0.05) is 10.8 Å². The molecule has 12 heteroatoms. The highest BCUT2D eigenvalue weighted by atomic mass is 32.2. The molecule has 5 saturated carbocycles. The molecule has 9 nitrogen and oxygen atoms in total. The lowest BCUT2D eigenvalue weighted by atomic mass is 9.32. The molecule has 0 aromatic heterocycles. The lowest BCUT2D eigenvalue weighted by Gasteiger charge is -2.72. The molecule has 0 aliphatic heterocycles. The zero-order valence-corrected chi connectivity index (χ0v) is 20.1. The van der Waals surface area contributed by atoms with Gasteiger partial charge in [-0.2, -0.15) is 17.2 Å². The van der Waals surface area contributed by atoms with E-state index in [9.17, 15) is 31.6 Å². The number of carbonyl (C=O) groups is 3. The standard InChI is InChI=1S/C23H30F2O9S/c24-23(25,35(29,30)31)19(28)32-9-17(26)33-13-21-8-16-6-15-7-20(10-21,11-22(15,16)21)12-34-18(27)14-4-2-1-3-5-14/h14-16H,1-13H2,(H,29,30,31). The van der Waals surface area contributed by atoms with E-state index in [4.69, 9.17) is 14.0 Å². The molecule has 1 N–H and O–H groups in total. The maximum Gasteiger partial charge on any atom is 0.465 e. The molecule has 35 heavy (non-hydrogen) atoms. The summed E-state index contributed by atoms with van der Waals surface area (Å²) in [6.07, 6.45) is 9.64. The Balaban J connectivity index is 1.16. The van der Waals surface area contributed by atoms with Gasteiger partial charge in [-0.05, 0) is 62.2 Å². The summed E-state index contributed by atoms with van der Waals surface area (Å²) < 4.78 is 71.4. The average Bonchev–Trinajstić information content (AvgIpc) is 3.24. The van der Waals surface area contributed by atoms with Gasteiger partial charge in [0.05, 0.1) is 19.1 Å². The molecule has 5 unspecified atom stereocenters. The topological polar surface area (TPSA) is 133 Å². The molecule has 2 bridgehead atoms. The van der Waals surface area contributed by atoms with E-state index in [0.29, 0.717) is 18.4 Å².